The van der Waals surface area contributed by atoms with E-state index in [1.165, 1.54) is 19.2 Å². The predicted molar refractivity (Wildman–Crippen MR) is 71.6 cm³/mol. The Bertz CT molecular complexity index is 410. The average Bonchev–Trinajstić information content (AvgIpc) is 2.35. The fourth-order valence-electron chi connectivity index (χ4n) is 1.43. The van der Waals surface area contributed by atoms with Gasteiger partial charge >= 0.3 is 0 Å². The lowest BCUT2D eigenvalue weighted by atomic mass is 10.1. The van der Waals surface area contributed by atoms with E-state index in [1.54, 1.807) is 0 Å². The van der Waals surface area contributed by atoms with Gasteiger partial charge in [0.25, 0.3) is 5.91 Å². The van der Waals surface area contributed by atoms with Crippen LogP contribution in [0.25, 0.3) is 0 Å². The molecule has 2 N–H and O–H groups in total. The van der Waals surface area contributed by atoms with Crippen LogP contribution in [0, 0.1) is 0 Å². The molecule has 0 unspecified atom stereocenters. The van der Waals surface area contributed by atoms with Crippen molar-refractivity contribution in [2.45, 2.75) is 19.4 Å². The smallest absolute Gasteiger partial charge is 0.251 e. The normalized spacial score (nSPS) is 12.1. The second kappa shape index (κ2) is 6.83. The highest BCUT2D eigenvalue weighted by Gasteiger charge is 2.15. The number of carbonyl (C=O) groups excluding carboxylic acids is 1. The fourth-order valence-corrected chi connectivity index (χ4v) is 2.07. The first kappa shape index (κ1) is 15.1. The molecule has 0 fully saturated rings. The molecular weight excluding hydrogens is 277 g/mol. The van der Waals surface area contributed by atoms with Crippen molar-refractivity contribution in [3.05, 3.63) is 27.7 Å². The average molecular weight is 292 g/mol. The summed E-state index contributed by atoms with van der Waals surface area (Å²) in [5, 5.41) is 12.2. The number of aliphatic hydroxyl groups excluding tert-OH is 1. The number of nitrogens with one attached hydrogen (secondary N) is 1. The molecule has 0 bridgehead atoms. The van der Waals surface area contributed by atoms with Gasteiger partial charge in [0, 0.05) is 5.56 Å². The summed E-state index contributed by atoms with van der Waals surface area (Å²) in [6.07, 6.45) is 0.639. The molecular formula is C12H15Cl2NO3. The van der Waals surface area contributed by atoms with Crippen molar-refractivity contribution in [2.24, 2.45) is 0 Å². The maximum Gasteiger partial charge on any atom is 0.251 e. The van der Waals surface area contributed by atoms with Crippen LogP contribution >= 0.6 is 23.2 Å². The van der Waals surface area contributed by atoms with Gasteiger partial charge in [0.05, 0.1) is 29.8 Å². The molecule has 0 aliphatic carbocycles. The van der Waals surface area contributed by atoms with E-state index in [2.05, 4.69) is 5.32 Å². The third kappa shape index (κ3) is 3.51. The molecule has 100 valence electrons. The Morgan fingerprint density at radius 3 is 2.39 bits per heavy atom. The van der Waals surface area contributed by atoms with Crippen molar-refractivity contribution in [3.63, 3.8) is 0 Å². The summed E-state index contributed by atoms with van der Waals surface area (Å²) < 4.78 is 5.00. The Morgan fingerprint density at radius 1 is 1.44 bits per heavy atom. The quantitative estimate of drug-likeness (QED) is 0.876. The molecule has 4 nitrogen and oxygen atoms in total. The zero-order valence-corrected chi connectivity index (χ0v) is 11.7. The van der Waals surface area contributed by atoms with Crippen LogP contribution in [0.3, 0.4) is 0 Å². The largest absolute Gasteiger partial charge is 0.494 e. The molecule has 0 spiro atoms. The van der Waals surface area contributed by atoms with Crippen LogP contribution in [-0.2, 0) is 0 Å². The van der Waals surface area contributed by atoms with Gasteiger partial charge in [0.2, 0.25) is 0 Å². The maximum atomic E-state index is 11.9. The highest BCUT2D eigenvalue weighted by atomic mass is 35.5. The van der Waals surface area contributed by atoms with Crippen LogP contribution in [-0.4, -0.2) is 30.8 Å². The molecule has 1 rings (SSSR count). The Hall–Kier alpha value is -0.970. The number of carbonyl (C=O) groups is 1. The number of methoxy groups -OCH3 is 1. The number of benzene rings is 1. The van der Waals surface area contributed by atoms with E-state index >= 15 is 0 Å². The Morgan fingerprint density at radius 2 is 2.00 bits per heavy atom. The second-order valence-electron chi connectivity index (χ2n) is 3.73. The van der Waals surface area contributed by atoms with Crippen molar-refractivity contribution < 1.29 is 14.6 Å². The minimum atomic E-state index is -0.331. The third-order valence-electron chi connectivity index (χ3n) is 2.51. The molecule has 0 aromatic heterocycles. The molecule has 0 aliphatic rings. The van der Waals surface area contributed by atoms with Crippen molar-refractivity contribution in [1.82, 2.24) is 5.32 Å². The van der Waals surface area contributed by atoms with Gasteiger partial charge in [-0.3, -0.25) is 4.79 Å². The van der Waals surface area contributed by atoms with Gasteiger partial charge in [-0.1, -0.05) is 30.1 Å². The highest BCUT2D eigenvalue weighted by Crippen LogP contribution is 2.33. The lowest BCUT2D eigenvalue weighted by Crippen LogP contribution is -2.36. The molecule has 1 aromatic rings. The molecule has 0 radical (unpaired) electrons. The molecule has 0 heterocycles. The first-order valence-corrected chi connectivity index (χ1v) is 6.23. The first-order valence-electron chi connectivity index (χ1n) is 5.48. The van der Waals surface area contributed by atoms with Crippen LogP contribution in [0.2, 0.25) is 10.0 Å². The molecule has 1 atom stereocenters. The SMILES string of the molecule is CC[C@H](CO)NC(=O)c1cc(Cl)c(OC)c(Cl)c1. The Balaban J connectivity index is 2.93. The van der Waals surface area contributed by atoms with Gasteiger partial charge in [0.1, 0.15) is 0 Å². The second-order valence-corrected chi connectivity index (χ2v) is 4.55. The van der Waals surface area contributed by atoms with E-state index in [0.29, 0.717) is 17.7 Å². The summed E-state index contributed by atoms with van der Waals surface area (Å²) in [7, 11) is 1.45. The lowest BCUT2D eigenvalue weighted by molar-refractivity contribution is 0.0915. The van der Waals surface area contributed by atoms with E-state index in [4.69, 9.17) is 33.0 Å². The molecule has 1 amide bonds. The van der Waals surface area contributed by atoms with Gasteiger partial charge < -0.3 is 15.2 Å². The molecule has 0 saturated carbocycles. The number of amides is 1. The van der Waals surface area contributed by atoms with Crippen LogP contribution in [0.5, 0.6) is 5.75 Å². The van der Waals surface area contributed by atoms with Crippen LogP contribution in [0.1, 0.15) is 23.7 Å². The molecule has 1 aromatic carbocycles. The van der Waals surface area contributed by atoms with Crippen molar-refractivity contribution in [3.8, 4) is 5.75 Å². The number of halogens is 2. The standard InChI is InChI=1S/C12H15Cl2NO3/c1-3-8(6-16)15-12(17)7-4-9(13)11(18-2)10(14)5-7/h4-5,8,16H,3,6H2,1-2H3,(H,15,17)/t8-/m1/s1. The van der Waals surface area contributed by atoms with Gasteiger partial charge in [-0.25, -0.2) is 0 Å². The molecule has 6 heteroatoms. The Labute approximate surface area is 116 Å². The van der Waals surface area contributed by atoms with Gasteiger partial charge in [-0.05, 0) is 18.6 Å². The summed E-state index contributed by atoms with van der Waals surface area (Å²) in [6, 6.07) is 2.68. The highest BCUT2D eigenvalue weighted by molar-refractivity contribution is 6.37. The Kier molecular flexibility index (Phi) is 5.72. The van der Waals surface area contributed by atoms with Gasteiger partial charge in [-0.15, -0.1) is 0 Å². The number of hydrogen-bond acceptors (Lipinski definition) is 3. The summed E-state index contributed by atoms with van der Waals surface area (Å²) in [5.41, 5.74) is 0.331. The minimum Gasteiger partial charge on any atom is -0.494 e. The number of rotatable bonds is 5. The topological polar surface area (TPSA) is 58.6 Å². The van der Waals surface area contributed by atoms with E-state index in [9.17, 15) is 4.79 Å². The van der Waals surface area contributed by atoms with Crippen molar-refractivity contribution >= 4 is 29.1 Å². The molecule has 0 saturated heterocycles. The summed E-state index contributed by atoms with van der Waals surface area (Å²) >= 11 is 11.9. The van der Waals surface area contributed by atoms with Crippen molar-refractivity contribution in [1.29, 1.82) is 0 Å². The van der Waals surface area contributed by atoms with Crippen LogP contribution < -0.4 is 10.1 Å². The van der Waals surface area contributed by atoms with Gasteiger partial charge in [-0.2, -0.15) is 0 Å². The molecule has 0 aliphatic heterocycles. The maximum absolute atomic E-state index is 11.9. The van der Waals surface area contributed by atoms with Gasteiger partial charge in [0.15, 0.2) is 5.75 Å². The predicted octanol–water partition coefficient (Wildman–Crippen LogP) is 2.50. The monoisotopic (exact) mass is 291 g/mol. The number of aliphatic hydroxyl groups is 1. The number of hydrogen-bond donors (Lipinski definition) is 2. The lowest BCUT2D eigenvalue weighted by Gasteiger charge is -2.15. The van der Waals surface area contributed by atoms with Crippen LogP contribution in [0.15, 0.2) is 12.1 Å². The summed E-state index contributed by atoms with van der Waals surface area (Å²) in [4.78, 5) is 11.9. The minimum absolute atomic E-state index is 0.111. The fraction of sp³-hybridized carbons (Fsp3) is 0.417. The van der Waals surface area contributed by atoms with E-state index in [1.807, 2.05) is 6.92 Å². The first-order chi connectivity index (χ1) is 8.53. The zero-order chi connectivity index (χ0) is 13.7. The molecule has 18 heavy (non-hydrogen) atoms. The van der Waals surface area contributed by atoms with E-state index in [0.717, 1.165) is 0 Å². The third-order valence-corrected chi connectivity index (χ3v) is 3.07. The number of ether oxygens (including phenoxy) is 1. The van der Waals surface area contributed by atoms with E-state index < -0.39 is 0 Å². The summed E-state index contributed by atoms with van der Waals surface area (Å²) in [6.45, 7) is 1.76. The van der Waals surface area contributed by atoms with Crippen molar-refractivity contribution in [2.75, 3.05) is 13.7 Å². The summed E-state index contributed by atoms with van der Waals surface area (Å²) in [5.74, 6) is 0.00596. The van der Waals surface area contributed by atoms with E-state index in [-0.39, 0.29) is 28.6 Å². The zero-order valence-electron chi connectivity index (χ0n) is 10.2. The van der Waals surface area contributed by atoms with Crippen LogP contribution in [0.4, 0.5) is 0 Å².